The van der Waals surface area contributed by atoms with Gasteiger partial charge in [0.05, 0.1) is 6.10 Å². The second-order valence-corrected chi connectivity index (χ2v) is 4.46. The van der Waals surface area contributed by atoms with Gasteiger partial charge in [-0.25, -0.2) is 0 Å². The van der Waals surface area contributed by atoms with Crippen molar-refractivity contribution in [2.45, 2.75) is 38.3 Å². The van der Waals surface area contributed by atoms with Crippen LogP contribution in [0.3, 0.4) is 0 Å². The van der Waals surface area contributed by atoms with Crippen LogP contribution in [-0.4, -0.2) is 48.3 Å². The number of hydrogen-bond acceptors (Lipinski definition) is 3. The Kier molecular flexibility index (Phi) is 3.71. The minimum Gasteiger partial charge on any atom is -0.392 e. The van der Waals surface area contributed by atoms with E-state index in [2.05, 4.69) is 17.1 Å². The Labute approximate surface area is 81.1 Å². The molecule has 0 aromatic rings. The number of nitrogens with zero attached hydrogens (tertiary/aromatic N) is 1. The normalized spacial score (nSPS) is 25.8. The highest BCUT2D eigenvalue weighted by Gasteiger charge is 2.28. The van der Waals surface area contributed by atoms with Crippen molar-refractivity contribution in [1.82, 2.24) is 10.2 Å². The average molecular weight is 186 g/mol. The summed E-state index contributed by atoms with van der Waals surface area (Å²) in [6, 6.07) is 0. The third-order valence-corrected chi connectivity index (χ3v) is 3.09. The molecule has 78 valence electrons. The van der Waals surface area contributed by atoms with E-state index in [1.54, 1.807) is 0 Å². The van der Waals surface area contributed by atoms with E-state index in [0.29, 0.717) is 5.54 Å². The molecule has 1 aliphatic heterocycles. The Bertz CT molecular complexity index is 151. The predicted molar refractivity (Wildman–Crippen MR) is 54.8 cm³/mol. The molecule has 1 rings (SSSR count). The Morgan fingerprint density at radius 2 is 2.00 bits per heavy atom. The first kappa shape index (κ1) is 11.0. The van der Waals surface area contributed by atoms with E-state index >= 15 is 0 Å². The molecule has 3 heteroatoms. The van der Waals surface area contributed by atoms with Crippen molar-refractivity contribution < 1.29 is 5.11 Å². The van der Waals surface area contributed by atoms with Crippen LogP contribution in [0.25, 0.3) is 0 Å². The zero-order valence-corrected chi connectivity index (χ0v) is 9.01. The Morgan fingerprint density at radius 3 is 2.38 bits per heavy atom. The third-order valence-electron chi connectivity index (χ3n) is 3.09. The summed E-state index contributed by atoms with van der Waals surface area (Å²) in [7, 11) is 2.03. The Morgan fingerprint density at radius 1 is 1.46 bits per heavy atom. The molecule has 0 spiro atoms. The van der Waals surface area contributed by atoms with E-state index < -0.39 is 0 Å². The van der Waals surface area contributed by atoms with Gasteiger partial charge in [-0.2, -0.15) is 0 Å². The molecule has 1 heterocycles. The van der Waals surface area contributed by atoms with Crippen molar-refractivity contribution in [3.63, 3.8) is 0 Å². The molecule has 1 saturated heterocycles. The van der Waals surface area contributed by atoms with Gasteiger partial charge in [-0.1, -0.05) is 0 Å². The summed E-state index contributed by atoms with van der Waals surface area (Å²) >= 11 is 0. The first-order valence-electron chi connectivity index (χ1n) is 5.15. The summed E-state index contributed by atoms with van der Waals surface area (Å²) in [5.74, 6) is 0. The molecule has 0 aromatic carbocycles. The Hall–Kier alpha value is -0.120. The fourth-order valence-corrected chi connectivity index (χ4v) is 1.85. The van der Waals surface area contributed by atoms with Crippen molar-refractivity contribution in [1.29, 1.82) is 0 Å². The summed E-state index contributed by atoms with van der Waals surface area (Å²) in [5.41, 5.74) is 0.315. The summed E-state index contributed by atoms with van der Waals surface area (Å²) in [6.07, 6.45) is 2.16. The highest BCUT2D eigenvalue weighted by atomic mass is 16.3. The van der Waals surface area contributed by atoms with Crippen LogP contribution in [0.4, 0.5) is 0 Å². The zero-order chi connectivity index (χ0) is 9.90. The second-order valence-electron chi connectivity index (χ2n) is 4.46. The number of nitrogens with one attached hydrogen (secondary N) is 1. The monoisotopic (exact) mass is 186 g/mol. The molecule has 0 aromatic heterocycles. The van der Waals surface area contributed by atoms with Gasteiger partial charge in [-0.15, -0.1) is 0 Å². The SMILES string of the molecule is CNC1(C)CCN(C[C@H](C)O)CC1. The first-order valence-corrected chi connectivity index (χ1v) is 5.15. The van der Waals surface area contributed by atoms with Gasteiger partial charge in [0.25, 0.3) is 0 Å². The van der Waals surface area contributed by atoms with Gasteiger partial charge >= 0.3 is 0 Å². The van der Waals surface area contributed by atoms with Gasteiger partial charge in [0.1, 0.15) is 0 Å². The predicted octanol–water partition coefficient (Wildman–Crippen LogP) is 0.441. The fraction of sp³-hybridized carbons (Fsp3) is 1.00. The van der Waals surface area contributed by atoms with Crippen LogP contribution in [0, 0.1) is 0 Å². The molecule has 0 amide bonds. The molecule has 0 radical (unpaired) electrons. The number of likely N-dealkylation sites (tertiary alicyclic amines) is 1. The van der Waals surface area contributed by atoms with Crippen LogP contribution in [0.2, 0.25) is 0 Å². The van der Waals surface area contributed by atoms with E-state index in [-0.39, 0.29) is 6.10 Å². The first-order chi connectivity index (χ1) is 6.06. The molecule has 1 aliphatic rings. The lowest BCUT2D eigenvalue weighted by molar-refractivity contribution is 0.0887. The number of hydrogen-bond donors (Lipinski definition) is 2. The maximum atomic E-state index is 9.23. The lowest BCUT2D eigenvalue weighted by Crippen LogP contribution is -2.51. The molecular formula is C10H22N2O. The highest BCUT2D eigenvalue weighted by Crippen LogP contribution is 2.20. The second kappa shape index (κ2) is 4.40. The maximum Gasteiger partial charge on any atom is 0.0639 e. The maximum absolute atomic E-state index is 9.23. The topological polar surface area (TPSA) is 35.5 Å². The van der Waals surface area contributed by atoms with Crippen LogP contribution in [0.5, 0.6) is 0 Å². The molecular weight excluding hydrogens is 164 g/mol. The van der Waals surface area contributed by atoms with E-state index in [4.69, 9.17) is 0 Å². The fourth-order valence-electron chi connectivity index (χ4n) is 1.85. The average Bonchev–Trinajstić information content (AvgIpc) is 2.09. The summed E-state index contributed by atoms with van der Waals surface area (Å²) in [6.45, 7) is 7.14. The smallest absolute Gasteiger partial charge is 0.0639 e. The lowest BCUT2D eigenvalue weighted by atomic mass is 9.90. The molecule has 0 saturated carbocycles. The quantitative estimate of drug-likeness (QED) is 0.671. The number of rotatable bonds is 3. The summed E-state index contributed by atoms with van der Waals surface area (Å²) in [4.78, 5) is 2.34. The lowest BCUT2D eigenvalue weighted by Gasteiger charge is -2.39. The molecule has 13 heavy (non-hydrogen) atoms. The summed E-state index contributed by atoms with van der Waals surface area (Å²) in [5, 5.41) is 12.6. The minimum atomic E-state index is -0.195. The van der Waals surface area contributed by atoms with Gasteiger partial charge < -0.3 is 15.3 Å². The van der Waals surface area contributed by atoms with Crippen molar-refractivity contribution in [2.75, 3.05) is 26.7 Å². The highest BCUT2D eigenvalue weighted by molar-refractivity contribution is 4.88. The van der Waals surface area contributed by atoms with Crippen molar-refractivity contribution in [2.24, 2.45) is 0 Å². The van der Waals surface area contributed by atoms with Crippen molar-refractivity contribution >= 4 is 0 Å². The van der Waals surface area contributed by atoms with Crippen molar-refractivity contribution in [3.05, 3.63) is 0 Å². The number of aliphatic hydroxyl groups is 1. The van der Waals surface area contributed by atoms with Crippen LogP contribution in [-0.2, 0) is 0 Å². The van der Waals surface area contributed by atoms with Gasteiger partial charge in [0.2, 0.25) is 0 Å². The van der Waals surface area contributed by atoms with Crippen molar-refractivity contribution in [3.8, 4) is 0 Å². The van der Waals surface area contributed by atoms with Gasteiger partial charge in [0.15, 0.2) is 0 Å². The standard InChI is InChI=1S/C10H22N2O/c1-9(13)8-12-6-4-10(2,11-3)5-7-12/h9,11,13H,4-8H2,1-3H3/t9-/m0/s1. The third kappa shape index (κ3) is 3.25. The molecule has 1 fully saturated rings. The number of β-amino-alcohol motifs (C(OH)–C–C–N with tert-alkyl or cyclic N) is 1. The van der Waals surface area contributed by atoms with Crippen LogP contribution in [0.15, 0.2) is 0 Å². The van der Waals surface area contributed by atoms with E-state index in [1.165, 1.54) is 12.8 Å². The molecule has 0 aliphatic carbocycles. The molecule has 0 bridgehead atoms. The Balaban J connectivity index is 2.30. The number of piperidine rings is 1. The summed E-state index contributed by atoms with van der Waals surface area (Å²) < 4.78 is 0. The van der Waals surface area contributed by atoms with E-state index in [1.807, 2.05) is 14.0 Å². The van der Waals surface area contributed by atoms with Gasteiger partial charge in [-0.05, 0) is 46.8 Å². The molecule has 2 N–H and O–H groups in total. The molecule has 1 atom stereocenters. The minimum absolute atomic E-state index is 0.195. The van der Waals surface area contributed by atoms with Gasteiger partial charge in [0, 0.05) is 12.1 Å². The van der Waals surface area contributed by atoms with E-state index in [9.17, 15) is 5.11 Å². The molecule has 3 nitrogen and oxygen atoms in total. The van der Waals surface area contributed by atoms with Crippen LogP contribution < -0.4 is 5.32 Å². The zero-order valence-electron chi connectivity index (χ0n) is 9.01. The number of aliphatic hydroxyl groups excluding tert-OH is 1. The van der Waals surface area contributed by atoms with Crippen LogP contribution in [0.1, 0.15) is 26.7 Å². The largest absolute Gasteiger partial charge is 0.392 e. The molecule has 0 unspecified atom stereocenters. The van der Waals surface area contributed by atoms with E-state index in [0.717, 1.165) is 19.6 Å². The van der Waals surface area contributed by atoms with Crippen LogP contribution >= 0.6 is 0 Å². The van der Waals surface area contributed by atoms with Gasteiger partial charge in [-0.3, -0.25) is 0 Å².